The van der Waals surface area contributed by atoms with Crippen molar-refractivity contribution >= 4 is 10.9 Å². The second-order valence-electron chi connectivity index (χ2n) is 7.78. The molecule has 1 atom stereocenters. The van der Waals surface area contributed by atoms with E-state index in [1.165, 1.54) is 58.1 Å². The van der Waals surface area contributed by atoms with Gasteiger partial charge in [0.25, 0.3) is 0 Å². The molecule has 4 aromatic rings. The van der Waals surface area contributed by atoms with Crippen LogP contribution in [0.5, 0.6) is 0 Å². The Morgan fingerprint density at radius 1 is 0.857 bits per heavy atom. The molecule has 0 fully saturated rings. The first kappa shape index (κ1) is 17.3. The molecule has 2 N–H and O–H groups in total. The molecular formula is C26H26N2. The molecule has 28 heavy (non-hydrogen) atoms. The first-order chi connectivity index (χ1) is 13.9. The Kier molecular flexibility index (Phi) is 4.72. The van der Waals surface area contributed by atoms with Crippen LogP contribution in [-0.4, -0.2) is 11.5 Å². The zero-order chi connectivity index (χ0) is 18.8. The molecule has 1 aliphatic carbocycles. The zero-order valence-corrected chi connectivity index (χ0v) is 16.1. The second kappa shape index (κ2) is 7.65. The summed E-state index contributed by atoms with van der Waals surface area (Å²) in [7, 11) is 0. The van der Waals surface area contributed by atoms with E-state index in [0.29, 0.717) is 6.04 Å². The lowest BCUT2D eigenvalue weighted by molar-refractivity contribution is 0.456. The molecule has 0 unspecified atom stereocenters. The first-order valence-corrected chi connectivity index (χ1v) is 10.4. The SMILES string of the molecule is c1ccc(CCN[C@H]2CCCc3c2[nH]c2ccc(-c4ccccc4)cc32)cc1. The molecule has 2 nitrogen and oxygen atoms in total. The van der Waals surface area contributed by atoms with Gasteiger partial charge in [0.05, 0.1) is 0 Å². The molecule has 1 heterocycles. The van der Waals surface area contributed by atoms with Crippen LogP contribution in [0.15, 0.2) is 78.9 Å². The molecule has 1 aliphatic rings. The summed E-state index contributed by atoms with van der Waals surface area (Å²) >= 11 is 0. The molecular weight excluding hydrogens is 340 g/mol. The predicted molar refractivity (Wildman–Crippen MR) is 118 cm³/mol. The van der Waals surface area contributed by atoms with Crippen molar-refractivity contribution in [2.24, 2.45) is 0 Å². The van der Waals surface area contributed by atoms with Crippen molar-refractivity contribution in [3.05, 3.63) is 95.7 Å². The fourth-order valence-electron chi connectivity index (χ4n) is 4.51. The van der Waals surface area contributed by atoms with Crippen molar-refractivity contribution < 1.29 is 0 Å². The monoisotopic (exact) mass is 366 g/mol. The minimum atomic E-state index is 0.431. The quantitative estimate of drug-likeness (QED) is 0.442. The van der Waals surface area contributed by atoms with Crippen LogP contribution in [0.25, 0.3) is 22.0 Å². The molecule has 5 rings (SSSR count). The third-order valence-corrected chi connectivity index (χ3v) is 5.96. The molecule has 3 aromatic carbocycles. The van der Waals surface area contributed by atoms with Gasteiger partial charge in [-0.2, -0.15) is 0 Å². The fraction of sp³-hybridized carbons (Fsp3) is 0.231. The highest BCUT2D eigenvalue weighted by atomic mass is 14.9. The van der Waals surface area contributed by atoms with Crippen molar-refractivity contribution in [3.63, 3.8) is 0 Å². The summed E-state index contributed by atoms with van der Waals surface area (Å²) in [5.74, 6) is 0. The average molecular weight is 367 g/mol. The predicted octanol–water partition coefficient (Wildman–Crippen LogP) is 6.04. The largest absolute Gasteiger partial charge is 0.357 e. The number of aryl methyl sites for hydroxylation is 1. The topological polar surface area (TPSA) is 27.8 Å². The van der Waals surface area contributed by atoms with Crippen LogP contribution >= 0.6 is 0 Å². The fourth-order valence-corrected chi connectivity index (χ4v) is 4.51. The van der Waals surface area contributed by atoms with Gasteiger partial charge in [-0.25, -0.2) is 0 Å². The molecule has 0 saturated carbocycles. The summed E-state index contributed by atoms with van der Waals surface area (Å²) in [6.45, 7) is 1.01. The van der Waals surface area contributed by atoms with E-state index in [9.17, 15) is 0 Å². The van der Waals surface area contributed by atoms with Crippen LogP contribution in [0.3, 0.4) is 0 Å². The van der Waals surface area contributed by atoms with Crippen LogP contribution < -0.4 is 5.32 Å². The zero-order valence-electron chi connectivity index (χ0n) is 16.1. The van der Waals surface area contributed by atoms with Crippen molar-refractivity contribution in [1.29, 1.82) is 0 Å². The number of H-pyrrole nitrogens is 1. The van der Waals surface area contributed by atoms with Gasteiger partial charge in [-0.1, -0.05) is 66.7 Å². The van der Waals surface area contributed by atoms with Crippen LogP contribution in [0.4, 0.5) is 0 Å². The van der Waals surface area contributed by atoms with E-state index in [1.54, 1.807) is 0 Å². The van der Waals surface area contributed by atoms with Gasteiger partial charge in [-0.3, -0.25) is 0 Å². The Balaban J connectivity index is 1.40. The number of fused-ring (bicyclic) bond motifs is 3. The van der Waals surface area contributed by atoms with Crippen LogP contribution in [-0.2, 0) is 12.8 Å². The summed E-state index contributed by atoms with van der Waals surface area (Å²) in [5.41, 5.74) is 8.16. The van der Waals surface area contributed by atoms with E-state index in [2.05, 4.69) is 89.2 Å². The van der Waals surface area contributed by atoms with Crippen molar-refractivity contribution in [2.45, 2.75) is 31.7 Å². The first-order valence-electron chi connectivity index (χ1n) is 10.4. The maximum Gasteiger partial charge on any atom is 0.0476 e. The normalized spacial score (nSPS) is 16.2. The molecule has 0 bridgehead atoms. The lowest BCUT2D eigenvalue weighted by Gasteiger charge is -2.24. The highest BCUT2D eigenvalue weighted by molar-refractivity contribution is 5.89. The van der Waals surface area contributed by atoms with Crippen LogP contribution in [0.1, 0.15) is 35.7 Å². The van der Waals surface area contributed by atoms with Gasteiger partial charge in [-0.15, -0.1) is 0 Å². The third kappa shape index (κ3) is 3.36. The summed E-state index contributed by atoms with van der Waals surface area (Å²) in [6, 6.07) is 28.7. The molecule has 140 valence electrons. The van der Waals surface area contributed by atoms with Gasteiger partial charge in [0, 0.05) is 22.6 Å². The molecule has 0 amide bonds. The highest BCUT2D eigenvalue weighted by Crippen LogP contribution is 2.36. The van der Waals surface area contributed by atoms with Gasteiger partial charge in [0.2, 0.25) is 0 Å². The third-order valence-electron chi connectivity index (χ3n) is 5.96. The van der Waals surface area contributed by atoms with E-state index in [1.807, 2.05) is 0 Å². The molecule has 0 spiro atoms. The number of hydrogen-bond donors (Lipinski definition) is 2. The molecule has 0 radical (unpaired) electrons. The number of rotatable bonds is 5. The number of aromatic nitrogens is 1. The summed E-state index contributed by atoms with van der Waals surface area (Å²) in [5, 5.41) is 5.20. The van der Waals surface area contributed by atoms with Gasteiger partial charge < -0.3 is 10.3 Å². The Hall–Kier alpha value is -2.84. The van der Waals surface area contributed by atoms with E-state index >= 15 is 0 Å². The molecule has 0 aliphatic heterocycles. The molecule has 1 aromatic heterocycles. The number of benzene rings is 3. The minimum Gasteiger partial charge on any atom is -0.357 e. The standard InChI is InChI=1S/C26H26N2/c1-3-8-19(9-4-1)16-17-27-25-13-7-12-22-23-18-21(20-10-5-2-6-11-20)14-15-24(23)28-26(22)25/h1-6,8-11,14-15,18,25,27-28H,7,12-13,16-17H2/t25-/m0/s1. The van der Waals surface area contributed by atoms with E-state index in [0.717, 1.165) is 13.0 Å². The van der Waals surface area contributed by atoms with Crippen molar-refractivity contribution in [1.82, 2.24) is 10.3 Å². The number of aromatic amines is 1. The van der Waals surface area contributed by atoms with Gasteiger partial charge in [0.1, 0.15) is 0 Å². The van der Waals surface area contributed by atoms with Crippen molar-refractivity contribution in [2.75, 3.05) is 6.54 Å². The van der Waals surface area contributed by atoms with Crippen molar-refractivity contribution in [3.8, 4) is 11.1 Å². The number of nitrogens with one attached hydrogen (secondary N) is 2. The van der Waals surface area contributed by atoms with E-state index in [4.69, 9.17) is 0 Å². The Morgan fingerprint density at radius 2 is 1.64 bits per heavy atom. The van der Waals surface area contributed by atoms with Crippen LogP contribution in [0, 0.1) is 0 Å². The Bertz CT molecular complexity index is 1060. The molecule has 2 heteroatoms. The minimum absolute atomic E-state index is 0.431. The summed E-state index contributed by atoms with van der Waals surface area (Å²) < 4.78 is 0. The smallest absolute Gasteiger partial charge is 0.0476 e. The Morgan fingerprint density at radius 3 is 2.46 bits per heavy atom. The lowest BCUT2D eigenvalue weighted by Crippen LogP contribution is -2.27. The average Bonchev–Trinajstić information content (AvgIpc) is 3.14. The number of hydrogen-bond acceptors (Lipinski definition) is 1. The second-order valence-corrected chi connectivity index (χ2v) is 7.78. The Labute approximate surface area is 166 Å². The summed E-state index contributed by atoms with van der Waals surface area (Å²) in [6.07, 6.45) is 4.70. The van der Waals surface area contributed by atoms with E-state index < -0.39 is 0 Å². The maximum absolute atomic E-state index is 3.80. The maximum atomic E-state index is 3.80. The van der Waals surface area contributed by atoms with Gasteiger partial charge in [-0.05, 0) is 66.6 Å². The molecule has 0 saturated heterocycles. The summed E-state index contributed by atoms with van der Waals surface area (Å²) in [4.78, 5) is 3.73. The van der Waals surface area contributed by atoms with Gasteiger partial charge >= 0.3 is 0 Å². The lowest BCUT2D eigenvalue weighted by atomic mass is 9.91. The van der Waals surface area contributed by atoms with Crippen LogP contribution in [0.2, 0.25) is 0 Å². The van der Waals surface area contributed by atoms with Gasteiger partial charge in [0.15, 0.2) is 0 Å². The van der Waals surface area contributed by atoms with E-state index in [-0.39, 0.29) is 0 Å². The highest BCUT2D eigenvalue weighted by Gasteiger charge is 2.24.